The Balaban J connectivity index is 1.49. The first kappa shape index (κ1) is 22.0. The number of anilines is 2. The van der Waals surface area contributed by atoms with Crippen LogP contribution >= 0.6 is 11.3 Å². The fourth-order valence-electron chi connectivity index (χ4n) is 3.54. The van der Waals surface area contributed by atoms with Crippen molar-refractivity contribution in [3.05, 3.63) is 76.7 Å². The molecular weight excluding hydrogens is 453 g/mol. The summed E-state index contributed by atoms with van der Waals surface area (Å²) in [4.78, 5) is 27.6. The van der Waals surface area contributed by atoms with Gasteiger partial charge < -0.3 is 10.2 Å². The largest absolute Gasteiger partial charge is 0.326 e. The number of nitrogens with zero attached hydrogens (tertiary/aromatic N) is 1. The van der Waals surface area contributed by atoms with E-state index in [2.05, 4.69) is 10.0 Å². The van der Waals surface area contributed by atoms with E-state index in [0.29, 0.717) is 24.3 Å². The van der Waals surface area contributed by atoms with Crippen LogP contribution in [0.3, 0.4) is 0 Å². The minimum Gasteiger partial charge on any atom is -0.326 e. The Morgan fingerprint density at radius 1 is 1.06 bits per heavy atom. The molecule has 1 aliphatic heterocycles. The second kappa shape index (κ2) is 9.09. The number of amides is 2. The van der Waals surface area contributed by atoms with Crippen molar-refractivity contribution in [3.63, 3.8) is 0 Å². The van der Waals surface area contributed by atoms with Crippen molar-refractivity contribution >= 4 is 44.5 Å². The molecule has 10 heteroatoms. The van der Waals surface area contributed by atoms with Gasteiger partial charge in [-0.3, -0.25) is 14.3 Å². The van der Waals surface area contributed by atoms with E-state index in [1.807, 2.05) is 0 Å². The molecule has 4 rings (SSSR count). The predicted molar refractivity (Wildman–Crippen MR) is 121 cm³/mol. The Morgan fingerprint density at radius 2 is 1.88 bits per heavy atom. The third-order valence-electron chi connectivity index (χ3n) is 5.08. The van der Waals surface area contributed by atoms with Crippen molar-refractivity contribution < 1.29 is 22.4 Å². The second-order valence-electron chi connectivity index (χ2n) is 7.24. The normalized spacial score (nSPS) is 16.0. The molecule has 0 aliphatic carbocycles. The van der Waals surface area contributed by atoms with Gasteiger partial charge in [0.05, 0.1) is 15.5 Å². The number of carbonyl (C=O) groups excluding carboxylic acids is 2. The van der Waals surface area contributed by atoms with Gasteiger partial charge in [-0.05, 0) is 54.6 Å². The van der Waals surface area contributed by atoms with E-state index >= 15 is 0 Å². The number of rotatable bonds is 6. The van der Waals surface area contributed by atoms with Gasteiger partial charge in [0.2, 0.25) is 5.91 Å². The van der Waals surface area contributed by atoms with Gasteiger partial charge in [-0.1, -0.05) is 24.3 Å². The van der Waals surface area contributed by atoms with Crippen LogP contribution in [0.15, 0.2) is 70.9 Å². The fourth-order valence-corrected chi connectivity index (χ4v) is 5.33. The molecule has 1 aromatic heterocycles. The summed E-state index contributed by atoms with van der Waals surface area (Å²) in [5, 5.41) is 4.51. The van der Waals surface area contributed by atoms with E-state index in [0.717, 1.165) is 6.07 Å². The van der Waals surface area contributed by atoms with E-state index in [1.165, 1.54) is 47.7 Å². The van der Waals surface area contributed by atoms with E-state index in [-0.39, 0.29) is 28.1 Å². The molecule has 0 spiro atoms. The molecule has 3 aromatic rings. The molecule has 1 aliphatic rings. The second-order valence-corrected chi connectivity index (χ2v) is 9.87. The number of likely N-dealkylation sites (tertiary alicyclic amines) is 1. The minimum absolute atomic E-state index is 0.128. The first-order chi connectivity index (χ1) is 15.3. The Morgan fingerprint density at radius 3 is 2.62 bits per heavy atom. The molecule has 2 aromatic carbocycles. The zero-order valence-electron chi connectivity index (χ0n) is 16.8. The maximum absolute atomic E-state index is 13.8. The van der Waals surface area contributed by atoms with Gasteiger partial charge in [-0.15, -0.1) is 11.3 Å². The summed E-state index contributed by atoms with van der Waals surface area (Å²) < 4.78 is 41.4. The summed E-state index contributed by atoms with van der Waals surface area (Å²) in [7, 11) is -4.07. The van der Waals surface area contributed by atoms with Crippen molar-refractivity contribution in [1.82, 2.24) is 4.90 Å². The van der Waals surface area contributed by atoms with Gasteiger partial charge in [0.25, 0.3) is 15.9 Å². The Bertz CT molecular complexity index is 1250. The fraction of sp³-hybridized carbons (Fsp3) is 0.182. The maximum atomic E-state index is 13.8. The molecule has 1 unspecified atom stereocenters. The van der Waals surface area contributed by atoms with Gasteiger partial charge in [-0.2, -0.15) is 0 Å². The number of halogens is 1. The predicted octanol–water partition coefficient (Wildman–Crippen LogP) is 3.93. The van der Waals surface area contributed by atoms with Crippen molar-refractivity contribution in [2.75, 3.05) is 16.6 Å². The van der Waals surface area contributed by atoms with Gasteiger partial charge in [0.15, 0.2) is 0 Å². The monoisotopic (exact) mass is 473 g/mol. The maximum Gasteiger partial charge on any atom is 0.264 e. The number of benzene rings is 2. The highest BCUT2D eigenvalue weighted by Gasteiger charge is 2.35. The van der Waals surface area contributed by atoms with Crippen LogP contribution in [-0.4, -0.2) is 37.7 Å². The summed E-state index contributed by atoms with van der Waals surface area (Å²) in [5.74, 6) is -1.27. The molecule has 0 radical (unpaired) electrons. The Hall–Kier alpha value is -3.24. The Kier molecular flexibility index (Phi) is 6.24. The highest BCUT2D eigenvalue weighted by Crippen LogP contribution is 2.25. The standard InChI is InChI=1S/C22H20FN3O4S2/c23-17-8-1-2-9-18(17)25-32(29,30)16-7-3-6-15(14-16)24-21(27)19-10-4-12-26(19)22(28)20-11-5-13-31-20/h1-3,5-9,11,13-14,19,25H,4,10,12H2,(H,24,27). The third kappa shape index (κ3) is 4.66. The number of nitrogens with one attached hydrogen (secondary N) is 2. The lowest BCUT2D eigenvalue weighted by molar-refractivity contribution is -0.119. The van der Waals surface area contributed by atoms with Crippen LogP contribution in [0.1, 0.15) is 22.5 Å². The topological polar surface area (TPSA) is 95.6 Å². The van der Waals surface area contributed by atoms with E-state index in [4.69, 9.17) is 0 Å². The van der Waals surface area contributed by atoms with Crippen LogP contribution in [-0.2, 0) is 14.8 Å². The van der Waals surface area contributed by atoms with Crippen LogP contribution < -0.4 is 10.0 Å². The van der Waals surface area contributed by atoms with Crippen LogP contribution in [0.4, 0.5) is 15.8 Å². The average molecular weight is 474 g/mol. The zero-order chi connectivity index (χ0) is 22.7. The summed E-state index contributed by atoms with van der Waals surface area (Å²) in [6.07, 6.45) is 1.23. The summed E-state index contributed by atoms with van der Waals surface area (Å²) in [5.41, 5.74) is 0.0949. The number of carbonyl (C=O) groups is 2. The highest BCUT2D eigenvalue weighted by molar-refractivity contribution is 7.92. The number of sulfonamides is 1. The van der Waals surface area contributed by atoms with Gasteiger partial charge >= 0.3 is 0 Å². The highest BCUT2D eigenvalue weighted by atomic mass is 32.2. The molecule has 1 fully saturated rings. The van der Waals surface area contributed by atoms with Gasteiger partial charge in [0.1, 0.15) is 11.9 Å². The molecule has 7 nitrogen and oxygen atoms in total. The van der Waals surface area contributed by atoms with Crippen molar-refractivity contribution in [1.29, 1.82) is 0 Å². The lowest BCUT2D eigenvalue weighted by Gasteiger charge is -2.23. The quantitative estimate of drug-likeness (QED) is 0.567. The smallest absolute Gasteiger partial charge is 0.264 e. The van der Waals surface area contributed by atoms with Crippen molar-refractivity contribution in [3.8, 4) is 0 Å². The number of hydrogen-bond donors (Lipinski definition) is 2. The molecule has 1 saturated heterocycles. The molecule has 166 valence electrons. The summed E-state index contributed by atoms with van der Waals surface area (Å²) >= 11 is 1.32. The van der Waals surface area contributed by atoms with Crippen LogP contribution in [0.25, 0.3) is 0 Å². The minimum atomic E-state index is -4.07. The summed E-state index contributed by atoms with van der Waals surface area (Å²) in [6, 6.07) is 14.0. The molecule has 2 N–H and O–H groups in total. The molecular formula is C22H20FN3O4S2. The molecule has 0 saturated carbocycles. The molecule has 1 atom stereocenters. The zero-order valence-corrected chi connectivity index (χ0v) is 18.5. The van der Waals surface area contributed by atoms with Crippen LogP contribution in [0.5, 0.6) is 0 Å². The van der Waals surface area contributed by atoms with Crippen molar-refractivity contribution in [2.45, 2.75) is 23.8 Å². The summed E-state index contributed by atoms with van der Waals surface area (Å²) in [6.45, 7) is 0.482. The third-order valence-corrected chi connectivity index (χ3v) is 7.30. The molecule has 32 heavy (non-hydrogen) atoms. The number of para-hydroxylation sites is 1. The molecule has 0 bridgehead atoms. The van der Waals surface area contributed by atoms with E-state index in [9.17, 15) is 22.4 Å². The van der Waals surface area contributed by atoms with Crippen molar-refractivity contribution in [2.24, 2.45) is 0 Å². The SMILES string of the molecule is O=C(Nc1cccc(S(=O)(=O)Nc2ccccc2F)c1)C1CCCN1C(=O)c1cccs1. The van der Waals surface area contributed by atoms with E-state index < -0.39 is 21.9 Å². The first-order valence-electron chi connectivity index (χ1n) is 9.88. The number of hydrogen-bond acceptors (Lipinski definition) is 5. The van der Waals surface area contributed by atoms with Crippen LogP contribution in [0, 0.1) is 5.82 Å². The van der Waals surface area contributed by atoms with Gasteiger partial charge in [-0.25, -0.2) is 12.8 Å². The van der Waals surface area contributed by atoms with Crippen LogP contribution in [0.2, 0.25) is 0 Å². The first-order valence-corrected chi connectivity index (χ1v) is 12.2. The number of thiophene rings is 1. The Labute approximate surface area is 188 Å². The lowest BCUT2D eigenvalue weighted by Crippen LogP contribution is -2.42. The van der Waals surface area contributed by atoms with E-state index in [1.54, 1.807) is 28.5 Å². The lowest BCUT2D eigenvalue weighted by atomic mass is 10.2. The van der Waals surface area contributed by atoms with Gasteiger partial charge in [0, 0.05) is 12.2 Å². The average Bonchev–Trinajstić information content (AvgIpc) is 3.47. The molecule has 2 amide bonds. The molecule has 2 heterocycles.